The molecule has 14 heavy (non-hydrogen) atoms. The molecule has 0 spiro atoms. The van der Waals surface area contributed by atoms with Crippen molar-refractivity contribution >= 4 is 55.5 Å². The number of aliphatic carboxylic acids is 1. The van der Waals surface area contributed by atoms with Gasteiger partial charge in [-0.25, -0.2) is 4.79 Å². The van der Waals surface area contributed by atoms with Crippen LogP contribution in [-0.2, 0) is 4.79 Å². The summed E-state index contributed by atoms with van der Waals surface area (Å²) in [5.41, 5.74) is 0.642. The Labute approximate surface area is 103 Å². The van der Waals surface area contributed by atoms with Crippen molar-refractivity contribution < 1.29 is 9.90 Å². The second kappa shape index (κ2) is 4.96. The lowest BCUT2D eigenvalue weighted by Crippen LogP contribution is -1.87. The lowest BCUT2D eigenvalue weighted by Gasteiger charge is -2.03. The van der Waals surface area contributed by atoms with Gasteiger partial charge in [0.15, 0.2) is 0 Å². The Morgan fingerprint density at radius 1 is 1.36 bits per heavy atom. The number of carboxylic acids is 1. The predicted molar refractivity (Wildman–Crippen MR) is 63.5 cm³/mol. The molecule has 0 saturated carbocycles. The third-order valence-corrected chi connectivity index (χ3v) is 3.46. The zero-order chi connectivity index (χ0) is 10.7. The monoisotopic (exact) mass is 338 g/mol. The van der Waals surface area contributed by atoms with Crippen LogP contribution in [-0.4, -0.2) is 11.1 Å². The summed E-state index contributed by atoms with van der Waals surface area (Å²) in [6.45, 7) is 0. The number of carboxylic acid groups (broad SMARTS) is 1. The molecule has 1 aromatic carbocycles. The molecule has 0 saturated heterocycles. The van der Waals surface area contributed by atoms with E-state index in [0.717, 1.165) is 15.0 Å². The van der Waals surface area contributed by atoms with Crippen LogP contribution >= 0.6 is 43.5 Å². The Kier molecular flexibility index (Phi) is 4.16. The van der Waals surface area contributed by atoms with Crippen molar-refractivity contribution in [2.45, 2.75) is 0 Å². The van der Waals surface area contributed by atoms with Crippen LogP contribution in [0.15, 0.2) is 27.2 Å². The lowest BCUT2D eigenvalue weighted by atomic mass is 10.2. The van der Waals surface area contributed by atoms with Crippen LogP contribution in [0.3, 0.4) is 0 Å². The van der Waals surface area contributed by atoms with Gasteiger partial charge in [0.1, 0.15) is 0 Å². The normalized spacial score (nSPS) is 10.8. The van der Waals surface area contributed by atoms with E-state index >= 15 is 0 Å². The van der Waals surface area contributed by atoms with Crippen molar-refractivity contribution in [1.82, 2.24) is 0 Å². The first-order chi connectivity index (χ1) is 6.52. The molecule has 5 heteroatoms. The number of hydrogen-bond donors (Lipinski definition) is 1. The highest BCUT2D eigenvalue weighted by Crippen LogP contribution is 2.32. The SMILES string of the molecule is O=C(O)/C=C/c1c(Br)ccc(Br)c1Cl. The van der Waals surface area contributed by atoms with Crippen LogP contribution in [0.1, 0.15) is 5.56 Å². The highest BCUT2D eigenvalue weighted by molar-refractivity contribution is 9.11. The van der Waals surface area contributed by atoms with Crippen LogP contribution in [0.4, 0.5) is 0 Å². The summed E-state index contributed by atoms with van der Waals surface area (Å²) in [5, 5.41) is 8.95. The summed E-state index contributed by atoms with van der Waals surface area (Å²) < 4.78 is 1.48. The fraction of sp³-hybridized carbons (Fsp3) is 0. The van der Waals surface area contributed by atoms with Crippen LogP contribution in [0.2, 0.25) is 5.02 Å². The van der Waals surface area contributed by atoms with Crippen molar-refractivity contribution in [2.75, 3.05) is 0 Å². The van der Waals surface area contributed by atoms with Crippen molar-refractivity contribution in [1.29, 1.82) is 0 Å². The summed E-state index contributed by atoms with van der Waals surface area (Å²) in [5.74, 6) is -1.01. The number of carbonyl (C=O) groups is 1. The van der Waals surface area contributed by atoms with Gasteiger partial charge in [-0.2, -0.15) is 0 Å². The van der Waals surface area contributed by atoms with Gasteiger partial charge < -0.3 is 5.11 Å². The van der Waals surface area contributed by atoms with Crippen molar-refractivity contribution in [3.8, 4) is 0 Å². The first-order valence-electron chi connectivity index (χ1n) is 3.57. The van der Waals surface area contributed by atoms with Gasteiger partial charge in [-0.05, 0) is 34.1 Å². The topological polar surface area (TPSA) is 37.3 Å². The second-order valence-electron chi connectivity index (χ2n) is 2.43. The van der Waals surface area contributed by atoms with Gasteiger partial charge in [-0.3, -0.25) is 0 Å². The summed E-state index contributed by atoms with van der Waals surface area (Å²) in [7, 11) is 0. The first kappa shape index (κ1) is 11.8. The highest BCUT2D eigenvalue weighted by atomic mass is 79.9. The number of hydrogen-bond acceptors (Lipinski definition) is 1. The van der Waals surface area contributed by atoms with E-state index in [1.54, 1.807) is 12.1 Å². The van der Waals surface area contributed by atoms with Gasteiger partial charge >= 0.3 is 5.97 Å². The first-order valence-corrected chi connectivity index (χ1v) is 5.53. The number of halogens is 3. The standard InChI is InChI=1S/C9H5Br2ClO2/c10-6-2-3-7(11)9(12)5(6)1-4-8(13)14/h1-4H,(H,13,14)/b4-1+. The number of benzene rings is 1. The highest BCUT2D eigenvalue weighted by Gasteiger charge is 2.06. The van der Waals surface area contributed by atoms with Gasteiger partial charge in [0, 0.05) is 20.6 Å². The molecule has 0 unspecified atom stereocenters. The van der Waals surface area contributed by atoms with E-state index in [0.29, 0.717) is 10.6 Å². The van der Waals surface area contributed by atoms with E-state index in [-0.39, 0.29) is 0 Å². The molecule has 0 atom stereocenters. The summed E-state index contributed by atoms with van der Waals surface area (Å²) in [6, 6.07) is 3.57. The maximum absolute atomic E-state index is 10.3. The van der Waals surface area contributed by atoms with Crippen molar-refractivity contribution in [3.05, 3.63) is 37.7 Å². The summed E-state index contributed by atoms with van der Waals surface area (Å²) >= 11 is 12.5. The third kappa shape index (κ3) is 2.83. The molecule has 0 amide bonds. The molecule has 1 rings (SSSR count). The Bertz CT molecular complexity index is 402. The molecule has 1 N–H and O–H groups in total. The van der Waals surface area contributed by atoms with Crippen LogP contribution in [0, 0.1) is 0 Å². The average molecular weight is 340 g/mol. The van der Waals surface area contributed by atoms with E-state index in [4.69, 9.17) is 16.7 Å². The third-order valence-electron chi connectivity index (χ3n) is 1.47. The second-order valence-corrected chi connectivity index (χ2v) is 4.52. The zero-order valence-electron chi connectivity index (χ0n) is 6.80. The molecule has 0 aliphatic rings. The van der Waals surface area contributed by atoms with E-state index < -0.39 is 5.97 Å². The number of rotatable bonds is 2. The lowest BCUT2D eigenvalue weighted by molar-refractivity contribution is -0.131. The molecule has 0 fully saturated rings. The molecule has 0 radical (unpaired) electrons. The molecule has 0 aliphatic carbocycles. The molecule has 0 bridgehead atoms. The summed E-state index contributed by atoms with van der Waals surface area (Å²) in [4.78, 5) is 10.3. The summed E-state index contributed by atoms with van der Waals surface area (Å²) in [6.07, 6.45) is 2.48. The quantitative estimate of drug-likeness (QED) is 0.653. The molecular weight excluding hydrogens is 335 g/mol. The van der Waals surface area contributed by atoms with Gasteiger partial charge in [-0.1, -0.05) is 27.5 Å². The van der Waals surface area contributed by atoms with E-state index in [1.165, 1.54) is 6.08 Å². The minimum Gasteiger partial charge on any atom is -0.478 e. The molecule has 74 valence electrons. The zero-order valence-corrected chi connectivity index (χ0v) is 10.7. The maximum Gasteiger partial charge on any atom is 0.328 e. The fourth-order valence-electron chi connectivity index (χ4n) is 0.850. The van der Waals surface area contributed by atoms with Gasteiger partial charge in [0.25, 0.3) is 0 Å². The van der Waals surface area contributed by atoms with Gasteiger partial charge in [-0.15, -0.1) is 0 Å². The molecular formula is C9H5Br2ClO2. The molecule has 0 heterocycles. The van der Waals surface area contributed by atoms with Gasteiger partial charge in [0.2, 0.25) is 0 Å². The van der Waals surface area contributed by atoms with E-state index in [2.05, 4.69) is 31.9 Å². The molecule has 0 aliphatic heterocycles. The Hall–Kier alpha value is -0.320. The van der Waals surface area contributed by atoms with Crippen molar-refractivity contribution in [3.63, 3.8) is 0 Å². The van der Waals surface area contributed by atoms with Gasteiger partial charge in [0.05, 0.1) is 5.02 Å². The largest absolute Gasteiger partial charge is 0.478 e. The Morgan fingerprint density at radius 3 is 2.50 bits per heavy atom. The Balaban J connectivity index is 3.19. The van der Waals surface area contributed by atoms with E-state index in [1.807, 2.05) is 0 Å². The van der Waals surface area contributed by atoms with E-state index in [9.17, 15) is 4.79 Å². The minimum absolute atomic E-state index is 0.483. The van der Waals surface area contributed by atoms with Crippen LogP contribution in [0.25, 0.3) is 6.08 Å². The van der Waals surface area contributed by atoms with Crippen LogP contribution < -0.4 is 0 Å². The predicted octanol–water partition coefficient (Wildman–Crippen LogP) is 3.96. The maximum atomic E-state index is 10.3. The van der Waals surface area contributed by atoms with Crippen molar-refractivity contribution in [2.24, 2.45) is 0 Å². The van der Waals surface area contributed by atoms with Crippen LogP contribution in [0.5, 0.6) is 0 Å². The minimum atomic E-state index is -1.01. The molecule has 1 aromatic rings. The molecule has 2 nitrogen and oxygen atoms in total. The average Bonchev–Trinajstić information content (AvgIpc) is 2.11. The fourth-order valence-corrected chi connectivity index (χ4v) is 2.00. The Morgan fingerprint density at radius 2 is 1.93 bits per heavy atom. The smallest absolute Gasteiger partial charge is 0.328 e. The molecule has 0 aromatic heterocycles.